The second-order valence-electron chi connectivity index (χ2n) is 7.15. The number of amides is 1. The third kappa shape index (κ3) is 2.69. The maximum Gasteiger partial charge on any atom is 0.276 e. The van der Waals surface area contributed by atoms with E-state index in [2.05, 4.69) is 43.8 Å². The van der Waals surface area contributed by atoms with Crippen molar-refractivity contribution in [2.24, 2.45) is 7.05 Å². The van der Waals surface area contributed by atoms with E-state index < -0.39 is 0 Å². The monoisotopic (exact) mass is 348 g/mol. The van der Waals surface area contributed by atoms with Crippen molar-refractivity contribution in [3.8, 4) is 11.4 Å². The summed E-state index contributed by atoms with van der Waals surface area (Å²) in [6.45, 7) is 0. The lowest BCUT2D eigenvalue weighted by atomic mass is 10.1. The van der Waals surface area contributed by atoms with E-state index in [-0.39, 0.29) is 11.9 Å². The van der Waals surface area contributed by atoms with Crippen LogP contribution in [0.4, 0.5) is 5.95 Å². The van der Waals surface area contributed by atoms with Crippen LogP contribution in [0.15, 0.2) is 24.3 Å². The number of aromatic nitrogens is 5. The lowest BCUT2D eigenvalue weighted by molar-refractivity contribution is 0.101. The summed E-state index contributed by atoms with van der Waals surface area (Å²) in [7, 11) is 1.79. The Kier molecular flexibility index (Phi) is 3.41. The lowest BCUT2D eigenvalue weighted by Crippen LogP contribution is -2.16. The van der Waals surface area contributed by atoms with Crippen molar-refractivity contribution in [2.45, 2.75) is 38.0 Å². The van der Waals surface area contributed by atoms with Crippen LogP contribution in [0.5, 0.6) is 0 Å². The number of carbonyl (C=O) groups excluding carboxylic acids is 1. The van der Waals surface area contributed by atoms with Crippen LogP contribution in [-0.4, -0.2) is 30.9 Å². The lowest BCUT2D eigenvalue weighted by Gasteiger charge is -2.02. The van der Waals surface area contributed by atoms with Crippen molar-refractivity contribution >= 4 is 11.9 Å². The van der Waals surface area contributed by atoms with Gasteiger partial charge in [0.25, 0.3) is 5.91 Å². The molecule has 2 aliphatic rings. The number of H-pyrrole nitrogens is 1. The second kappa shape index (κ2) is 5.79. The standard InChI is InChI=1S/C19H20N6O/c1-25-16(10-15(24-25)12-6-7-12)18(26)21-19-20-17(22-23-19)14-8-5-11-3-2-4-13(11)9-14/h5,8-10,12H,2-4,6-7H2,1H3,(H2,20,21,22,23,26). The summed E-state index contributed by atoms with van der Waals surface area (Å²) in [5.74, 6) is 1.21. The van der Waals surface area contributed by atoms with Crippen LogP contribution in [0, 0.1) is 0 Å². The Balaban J connectivity index is 1.34. The number of aromatic amines is 1. The highest BCUT2D eigenvalue weighted by atomic mass is 16.2. The number of nitrogens with zero attached hydrogens (tertiary/aromatic N) is 4. The summed E-state index contributed by atoms with van der Waals surface area (Å²) in [6, 6.07) is 8.24. The first-order valence-electron chi connectivity index (χ1n) is 9.07. The summed E-state index contributed by atoms with van der Waals surface area (Å²) >= 11 is 0. The number of rotatable bonds is 4. The van der Waals surface area contributed by atoms with E-state index in [0.717, 1.165) is 36.9 Å². The molecule has 1 aromatic carbocycles. The molecule has 2 N–H and O–H groups in total. The van der Waals surface area contributed by atoms with Gasteiger partial charge < -0.3 is 0 Å². The number of fused-ring (bicyclic) bond motifs is 1. The molecule has 7 heteroatoms. The van der Waals surface area contributed by atoms with Gasteiger partial charge in [-0.2, -0.15) is 10.1 Å². The molecule has 0 saturated heterocycles. The van der Waals surface area contributed by atoms with Crippen molar-refractivity contribution in [1.82, 2.24) is 25.0 Å². The van der Waals surface area contributed by atoms with Gasteiger partial charge in [-0.3, -0.25) is 19.9 Å². The molecule has 0 radical (unpaired) electrons. The molecule has 0 spiro atoms. The highest BCUT2D eigenvalue weighted by Crippen LogP contribution is 2.39. The smallest absolute Gasteiger partial charge is 0.276 e. The van der Waals surface area contributed by atoms with Gasteiger partial charge in [0.1, 0.15) is 5.69 Å². The molecule has 2 aliphatic carbocycles. The Morgan fingerprint density at radius 3 is 2.92 bits per heavy atom. The Hall–Kier alpha value is -2.96. The van der Waals surface area contributed by atoms with E-state index >= 15 is 0 Å². The minimum absolute atomic E-state index is 0.244. The van der Waals surface area contributed by atoms with Crippen LogP contribution in [0.3, 0.4) is 0 Å². The largest absolute Gasteiger partial charge is 0.288 e. The van der Waals surface area contributed by atoms with Crippen LogP contribution in [0.25, 0.3) is 11.4 Å². The number of nitrogens with one attached hydrogen (secondary N) is 2. The fourth-order valence-corrected chi connectivity index (χ4v) is 3.61. The molecule has 5 rings (SSSR count). The van der Waals surface area contributed by atoms with E-state index in [1.807, 2.05) is 6.07 Å². The molecular formula is C19H20N6O. The van der Waals surface area contributed by atoms with Crippen molar-refractivity contribution in [3.63, 3.8) is 0 Å². The minimum Gasteiger partial charge on any atom is -0.288 e. The molecular weight excluding hydrogens is 328 g/mol. The molecule has 2 aromatic heterocycles. The SMILES string of the molecule is Cn1nc(C2CC2)cc1C(=O)Nc1n[nH]c(-c2ccc3c(c2)CCC3)n1. The molecule has 7 nitrogen and oxygen atoms in total. The first-order valence-corrected chi connectivity index (χ1v) is 9.07. The van der Waals surface area contributed by atoms with E-state index in [1.54, 1.807) is 11.7 Å². The maximum absolute atomic E-state index is 12.5. The Labute approximate surface area is 150 Å². The molecule has 1 amide bonds. The highest BCUT2D eigenvalue weighted by Gasteiger charge is 2.28. The average molecular weight is 348 g/mol. The summed E-state index contributed by atoms with van der Waals surface area (Å²) in [6.07, 6.45) is 5.79. The Bertz CT molecular complexity index is 997. The number of hydrogen-bond acceptors (Lipinski definition) is 4. The summed E-state index contributed by atoms with van der Waals surface area (Å²) in [4.78, 5) is 17.0. The van der Waals surface area contributed by atoms with Crippen molar-refractivity contribution in [1.29, 1.82) is 0 Å². The van der Waals surface area contributed by atoms with Gasteiger partial charge in [-0.1, -0.05) is 12.1 Å². The van der Waals surface area contributed by atoms with Gasteiger partial charge in [0.15, 0.2) is 5.82 Å². The van der Waals surface area contributed by atoms with Gasteiger partial charge in [0, 0.05) is 18.5 Å². The Morgan fingerprint density at radius 1 is 1.23 bits per heavy atom. The van der Waals surface area contributed by atoms with Gasteiger partial charge in [-0.15, -0.1) is 5.10 Å². The first-order chi connectivity index (χ1) is 12.7. The molecule has 3 aromatic rings. The molecule has 0 unspecified atom stereocenters. The van der Waals surface area contributed by atoms with Gasteiger partial charge in [-0.05, 0) is 55.4 Å². The zero-order valence-electron chi connectivity index (χ0n) is 14.6. The van der Waals surface area contributed by atoms with Crippen LogP contribution in [-0.2, 0) is 19.9 Å². The molecule has 0 bridgehead atoms. The number of benzene rings is 1. The fraction of sp³-hybridized carbons (Fsp3) is 0.368. The predicted molar refractivity (Wildman–Crippen MR) is 97.0 cm³/mol. The van der Waals surface area contributed by atoms with E-state index in [4.69, 9.17) is 0 Å². The predicted octanol–water partition coefficient (Wildman–Crippen LogP) is 2.82. The van der Waals surface area contributed by atoms with E-state index in [0.29, 0.717) is 17.4 Å². The van der Waals surface area contributed by atoms with Crippen LogP contribution in [0.2, 0.25) is 0 Å². The third-order valence-corrected chi connectivity index (χ3v) is 5.21. The summed E-state index contributed by atoms with van der Waals surface area (Å²) in [5, 5.41) is 14.2. The zero-order valence-corrected chi connectivity index (χ0v) is 14.6. The normalized spacial score (nSPS) is 15.9. The number of carbonyl (C=O) groups is 1. The molecule has 1 saturated carbocycles. The third-order valence-electron chi connectivity index (χ3n) is 5.21. The highest BCUT2D eigenvalue weighted by molar-refractivity contribution is 6.02. The Morgan fingerprint density at radius 2 is 2.08 bits per heavy atom. The maximum atomic E-state index is 12.5. The van der Waals surface area contributed by atoms with Crippen LogP contribution >= 0.6 is 0 Å². The van der Waals surface area contributed by atoms with Gasteiger partial charge in [0.05, 0.1) is 5.69 Å². The van der Waals surface area contributed by atoms with Crippen molar-refractivity contribution < 1.29 is 4.79 Å². The van der Waals surface area contributed by atoms with Crippen molar-refractivity contribution in [2.75, 3.05) is 5.32 Å². The van der Waals surface area contributed by atoms with E-state index in [1.165, 1.54) is 17.5 Å². The molecule has 0 aliphatic heterocycles. The molecule has 2 heterocycles. The van der Waals surface area contributed by atoms with Crippen LogP contribution < -0.4 is 5.32 Å². The molecule has 132 valence electrons. The number of hydrogen-bond donors (Lipinski definition) is 2. The molecule has 0 atom stereocenters. The fourth-order valence-electron chi connectivity index (χ4n) is 3.61. The first kappa shape index (κ1) is 15.3. The summed E-state index contributed by atoms with van der Waals surface area (Å²) < 4.78 is 1.62. The zero-order chi connectivity index (χ0) is 17.7. The topological polar surface area (TPSA) is 88.5 Å². The quantitative estimate of drug-likeness (QED) is 0.759. The minimum atomic E-state index is -0.244. The van der Waals surface area contributed by atoms with Crippen molar-refractivity contribution in [3.05, 3.63) is 46.8 Å². The summed E-state index contributed by atoms with van der Waals surface area (Å²) in [5.41, 5.74) is 5.31. The van der Waals surface area contributed by atoms with Gasteiger partial charge in [-0.25, -0.2) is 0 Å². The van der Waals surface area contributed by atoms with Crippen LogP contribution in [0.1, 0.15) is 52.5 Å². The molecule has 1 fully saturated rings. The van der Waals surface area contributed by atoms with E-state index in [9.17, 15) is 4.79 Å². The van der Waals surface area contributed by atoms with Gasteiger partial charge >= 0.3 is 0 Å². The average Bonchev–Trinajstić information content (AvgIpc) is 3.04. The number of aryl methyl sites for hydroxylation is 3. The number of anilines is 1. The van der Waals surface area contributed by atoms with Gasteiger partial charge in [0.2, 0.25) is 5.95 Å². The molecule has 26 heavy (non-hydrogen) atoms. The second-order valence-corrected chi connectivity index (χ2v) is 7.15.